The van der Waals surface area contributed by atoms with E-state index in [0.717, 1.165) is 4.57 Å². The van der Waals surface area contributed by atoms with Crippen molar-refractivity contribution in [1.29, 1.82) is 0 Å². The van der Waals surface area contributed by atoms with Crippen molar-refractivity contribution in [3.05, 3.63) is 26.4 Å². The number of alkyl halides is 3. The van der Waals surface area contributed by atoms with Gasteiger partial charge in [0.2, 0.25) is 0 Å². The first-order valence-corrected chi connectivity index (χ1v) is 6.28. The Bertz CT molecular complexity index is 688. The summed E-state index contributed by atoms with van der Waals surface area (Å²) in [6.45, 7) is 0.281. The molecule has 0 spiro atoms. The number of aliphatic imine (C=N–C) groups is 1. The highest BCUT2D eigenvalue weighted by Gasteiger charge is 2.33. The Labute approximate surface area is 116 Å². The van der Waals surface area contributed by atoms with E-state index in [4.69, 9.17) is 11.6 Å². The van der Waals surface area contributed by atoms with E-state index in [9.17, 15) is 22.8 Å². The van der Waals surface area contributed by atoms with E-state index in [0.29, 0.717) is 11.0 Å². The molecular formula is C11H11ClF3N3O2. The Kier molecular flexibility index (Phi) is 3.77. The summed E-state index contributed by atoms with van der Waals surface area (Å²) in [6, 6.07) is 0. The highest BCUT2D eigenvalue weighted by Crippen LogP contribution is 2.26. The van der Waals surface area contributed by atoms with Crippen LogP contribution >= 0.6 is 11.6 Å². The number of aromatic nitrogens is 2. The van der Waals surface area contributed by atoms with E-state index in [1.807, 2.05) is 0 Å². The van der Waals surface area contributed by atoms with Crippen molar-refractivity contribution < 1.29 is 13.2 Å². The topological polar surface area (TPSA) is 56.4 Å². The van der Waals surface area contributed by atoms with Crippen LogP contribution in [0.5, 0.6) is 0 Å². The van der Waals surface area contributed by atoms with E-state index < -0.39 is 24.0 Å². The second-order valence-electron chi connectivity index (χ2n) is 4.41. The molecule has 5 nitrogen and oxygen atoms in total. The molecular weight excluding hydrogens is 299 g/mol. The highest BCUT2D eigenvalue weighted by molar-refractivity contribution is 6.66. The van der Waals surface area contributed by atoms with Gasteiger partial charge in [-0.05, 0) is 6.42 Å². The van der Waals surface area contributed by atoms with E-state index in [2.05, 4.69) is 4.99 Å². The zero-order chi connectivity index (χ0) is 15.1. The molecule has 0 unspecified atom stereocenters. The SMILES string of the molecule is CCCn1c(=O)c2c(n(CC(F)(F)F)c1=O)N=C(Cl)C2. The second-order valence-corrected chi connectivity index (χ2v) is 4.84. The van der Waals surface area contributed by atoms with Crippen molar-refractivity contribution in [1.82, 2.24) is 9.13 Å². The number of hydrogen-bond donors (Lipinski definition) is 0. The van der Waals surface area contributed by atoms with Gasteiger partial charge < -0.3 is 0 Å². The number of halogens is 4. The molecule has 0 atom stereocenters. The molecule has 1 aliphatic rings. The molecule has 2 rings (SSSR count). The van der Waals surface area contributed by atoms with Crippen LogP contribution in [0.3, 0.4) is 0 Å². The highest BCUT2D eigenvalue weighted by atomic mass is 35.5. The predicted molar refractivity (Wildman–Crippen MR) is 68.0 cm³/mol. The summed E-state index contributed by atoms with van der Waals surface area (Å²) in [6.07, 6.45) is -4.18. The molecule has 0 fully saturated rings. The molecule has 1 aromatic rings. The Balaban J connectivity index is 2.72. The van der Waals surface area contributed by atoms with Gasteiger partial charge in [-0.25, -0.2) is 9.79 Å². The minimum Gasteiger partial charge on any atom is -0.269 e. The number of fused-ring (bicyclic) bond motifs is 1. The molecule has 0 aromatic carbocycles. The standard InChI is InChI=1S/C11H11ClF3N3O2/c1-2-3-17-9(19)6-4-7(12)16-8(6)18(10(17)20)5-11(13,14)15/h2-5H2,1H3. The molecule has 0 radical (unpaired) electrons. The van der Waals surface area contributed by atoms with Gasteiger partial charge in [0.1, 0.15) is 17.5 Å². The molecule has 110 valence electrons. The summed E-state index contributed by atoms with van der Waals surface area (Å²) < 4.78 is 39.0. The monoisotopic (exact) mass is 309 g/mol. The third-order valence-electron chi connectivity index (χ3n) is 2.83. The number of nitrogens with zero attached hydrogens (tertiary/aromatic N) is 3. The van der Waals surface area contributed by atoms with Crippen molar-refractivity contribution in [2.75, 3.05) is 0 Å². The molecule has 0 saturated carbocycles. The van der Waals surface area contributed by atoms with Crippen LogP contribution in [-0.2, 0) is 19.5 Å². The number of hydrogen-bond acceptors (Lipinski definition) is 3. The quantitative estimate of drug-likeness (QED) is 0.855. The summed E-state index contributed by atoms with van der Waals surface area (Å²) in [4.78, 5) is 27.8. The van der Waals surface area contributed by atoms with Crippen molar-refractivity contribution in [3.8, 4) is 0 Å². The van der Waals surface area contributed by atoms with E-state index >= 15 is 0 Å². The van der Waals surface area contributed by atoms with Crippen LogP contribution in [0.15, 0.2) is 14.6 Å². The summed E-state index contributed by atoms with van der Waals surface area (Å²) >= 11 is 5.68. The van der Waals surface area contributed by atoms with Gasteiger partial charge in [-0.3, -0.25) is 13.9 Å². The molecule has 0 N–H and O–H groups in total. The van der Waals surface area contributed by atoms with Crippen molar-refractivity contribution >= 4 is 22.6 Å². The fourth-order valence-electron chi connectivity index (χ4n) is 2.07. The van der Waals surface area contributed by atoms with Crippen LogP contribution in [0, 0.1) is 0 Å². The van der Waals surface area contributed by atoms with Crippen LogP contribution < -0.4 is 11.2 Å². The lowest BCUT2D eigenvalue weighted by molar-refractivity contribution is -0.141. The molecule has 0 bridgehead atoms. The van der Waals surface area contributed by atoms with Crippen LogP contribution in [0.4, 0.5) is 19.0 Å². The lowest BCUT2D eigenvalue weighted by atomic mass is 10.2. The lowest BCUT2D eigenvalue weighted by Gasteiger charge is -2.15. The van der Waals surface area contributed by atoms with E-state index in [1.165, 1.54) is 0 Å². The first-order chi connectivity index (χ1) is 9.24. The zero-order valence-electron chi connectivity index (χ0n) is 10.5. The van der Waals surface area contributed by atoms with Crippen LogP contribution in [0.25, 0.3) is 0 Å². The smallest absolute Gasteiger partial charge is 0.269 e. The maximum atomic E-state index is 12.6. The van der Waals surface area contributed by atoms with Gasteiger partial charge in [-0.2, -0.15) is 13.2 Å². The molecule has 9 heteroatoms. The lowest BCUT2D eigenvalue weighted by Crippen LogP contribution is -2.43. The Morgan fingerprint density at radius 2 is 1.95 bits per heavy atom. The summed E-state index contributed by atoms with van der Waals surface area (Å²) in [7, 11) is 0. The molecule has 20 heavy (non-hydrogen) atoms. The Morgan fingerprint density at radius 1 is 1.30 bits per heavy atom. The maximum absolute atomic E-state index is 12.6. The average Bonchev–Trinajstić information content (AvgIpc) is 2.71. The largest absolute Gasteiger partial charge is 0.406 e. The number of rotatable bonds is 3. The molecule has 0 amide bonds. The van der Waals surface area contributed by atoms with Gasteiger partial charge in [0.25, 0.3) is 5.56 Å². The second kappa shape index (κ2) is 5.08. The van der Waals surface area contributed by atoms with Crippen LogP contribution in [0.1, 0.15) is 18.9 Å². The van der Waals surface area contributed by atoms with Gasteiger partial charge >= 0.3 is 11.9 Å². The van der Waals surface area contributed by atoms with Gasteiger partial charge in [0, 0.05) is 13.0 Å². The van der Waals surface area contributed by atoms with Crippen LogP contribution in [-0.4, -0.2) is 20.5 Å². The molecule has 0 saturated heterocycles. The Morgan fingerprint density at radius 3 is 2.50 bits per heavy atom. The normalized spacial score (nSPS) is 14.3. The third kappa shape index (κ3) is 2.65. The summed E-state index contributed by atoms with van der Waals surface area (Å²) in [5, 5.41) is 0.00155. The fraction of sp³-hybridized carbons (Fsp3) is 0.545. The first kappa shape index (κ1) is 14.8. The first-order valence-electron chi connectivity index (χ1n) is 5.91. The van der Waals surface area contributed by atoms with E-state index in [-0.39, 0.29) is 29.5 Å². The summed E-state index contributed by atoms with van der Waals surface area (Å²) in [5.41, 5.74) is -1.60. The third-order valence-corrected chi connectivity index (χ3v) is 3.04. The van der Waals surface area contributed by atoms with Crippen molar-refractivity contribution in [2.24, 2.45) is 4.99 Å². The van der Waals surface area contributed by atoms with Crippen LogP contribution in [0.2, 0.25) is 0 Å². The van der Waals surface area contributed by atoms with Gasteiger partial charge in [0.15, 0.2) is 0 Å². The molecule has 1 aromatic heterocycles. The minimum absolute atomic E-state index is 0.00155. The van der Waals surface area contributed by atoms with Crippen molar-refractivity contribution in [2.45, 2.75) is 39.0 Å². The van der Waals surface area contributed by atoms with Gasteiger partial charge in [-0.15, -0.1) is 0 Å². The fourth-order valence-corrected chi connectivity index (χ4v) is 2.28. The summed E-state index contributed by atoms with van der Waals surface area (Å²) in [5.74, 6) is -0.283. The Hall–Kier alpha value is -1.57. The molecule has 0 aliphatic carbocycles. The van der Waals surface area contributed by atoms with E-state index in [1.54, 1.807) is 6.92 Å². The minimum atomic E-state index is -4.59. The predicted octanol–water partition coefficient (Wildman–Crippen LogP) is 1.81. The van der Waals surface area contributed by atoms with Gasteiger partial charge in [-0.1, -0.05) is 18.5 Å². The molecule has 1 aliphatic heterocycles. The van der Waals surface area contributed by atoms with Gasteiger partial charge in [0.05, 0.1) is 5.56 Å². The average molecular weight is 310 g/mol. The zero-order valence-corrected chi connectivity index (χ0v) is 11.3. The maximum Gasteiger partial charge on any atom is 0.406 e. The molecule has 2 heterocycles. The van der Waals surface area contributed by atoms with Crippen molar-refractivity contribution in [3.63, 3.8) is 0 Å².